The number of carbonyl (C=O) groups excluding carboxylic acids is 6. The number of likely N-dealkylation sites (N-methyl/N-ethyl adjacent to an activating group) is 1. The summed E-state index contributed by atoms with van der Waals surface area (Å²) in [5, 5.41) is 20.7. The number of hydrogen-bond donors (Lipinski definition) is 9. The molecule has 0 aromatic rings. The van der Waals surface area contributed by atoms with E-state index in [4.69, 9.17) is 14.2 Å². The van der Waals surface area contributed by atoms with Gasteiger partial charge in [-0.1, -0.05) is 454 Å². The Bertz CT molecular complexity index is 2590. The van der Waals surface area contributed by atoms with Crippen LogP contribution in [0.25, 0.3) is 0 Å². The lowest BCUT2D eigenvalue weighted by Crippen LogP contribution is -2.33. The van der Waals surface area contributed by atoms with Gasteiger partial charge in [-0.3, -0.25) is 28.8 Å². The molecule has 9 N–H and O–H groups in total. The van der Waals surface area contributed by atoms with Crippen LogP contribution in [0.1, 0.15) is 595 Å². The van der Waals surface area contributed by atoms with Crippen molar-refractivity contribution in [1.29, 1.82) is 0 Å². The lowest BCUT2D eigenvalue weighted by Gasteiger charge is -2.09. The van der Waals surface area contributed by atoms with Crippen molar-refractivity contribution in [1.82, 2.24) is 51.6 Å². The maximum Gasteiger partial charge on any atom is 0.234 e. The second-order valence-electron chi connectivity index (χ2n) is 54.1. The van der Waals surface area contributed by atoms with Crippen LogP contribution in [0.15, 0.2) is 0 Å². The first-order valence-electron chi connectivity index (χ1n) is 60.0. The second-order valence-corrected chi connectivity index (χ2v) is 57.9. The van der Waals surface area contributed by atoms with E-state index in [0.717, 1.165) is 161 Å². The van der Waals surface area contributed by atoms with Crippen LogP contribution in [0, 0.1) is 48.7 Å². The minimum absolute atomic E-state index is 0.0836. The van der Waals surface area contributed by atoms with Crippen LogP contribution in [0.5, 0.6) is 0 Å². The van der Waals surface area contributed by atoms with Gasteiger partial charge in [0.15, 0.2) is 0 Å². The smallest absolute Gasteiger partial charge is 0.234 e. The summed E-state index contributed by atoms with van der Waals surface area (Å²) in [6.07, 6.45) is 45.4. The molecule has 23 nitrogen and oxygen atoms in total. The Morgan fingerprint density at radius 2 is 0.593 bits per heavy atom. The highest BCUT2D eigenvalue weighted by Gasteiger charge is 2.13. The Kier molecular flexibility index (Phi) is 154. The quantitative estimate of drug-likeness (QED) is 0.0256. The van der Waals surface area contributed by atoms with Gasteiger partial charge in [-0.15, -0.1) is 0 Å². The molecule has 0 aromatic heterocycles. The average Bonchev–Trinajstić information content (AvgIpc) is 1.15. The van der Waals surface area contributed by atoms with Crippen LogP contribution >= 0.6 is 0 Å². The number of nitrogens with zero attached hydrogens (tertiary/aromatic N) is 1. The van der Waals surface area contributed by atoms with Crippen molar-refractivity contribution in [2.45, 2.75) is 595 Å². The van der Waals surface area contributed by atoms with Crippen molar-refractivity contribution in [2.24, 2.45) is 48.7 Å². The van der Waals surface area contributed by atoms with Gasteiger partial charge < -0.3 is 56.3 Å². The number of ether oxygens (including phenoxy) is 3. The van der Waals surface area contributed by atoms with Crippen LogP contribution in [-0.2, 0) is 63.0 Å². The van der Waals surface area contributed by atoms with Gasteiger partial charge in [0.1, 0.15) is 0 Å². The standard InChI is InChI=1S/C10H22N2O.C10H21NO.C10H23N.C9H21NO2S.C9H19NO2.C9H17NO.C9H19NO.C8H17NO2.C6H13NO3S.9C5H12/c1-4-5-6-7-8-11-10(13)9-12(2)3;1-3-5-6-7-9-11-10(12)8-4-2;1-3-5-7-8-10-11-9-6-4-2;1-3-5-6-7-8-10-13(11,12)9-4-2;1-3-6-9(11)10-7-4-5-8-12-2;11-9-7-5-3-1-2-4-6-8-10-9;1-3-5-7-9(11)10-8-6-4-2;1-3-4-6-9-8(10)5-7-11-2;8-11(9)6-2-5-10-4-1-3-7-11;9*1-5(2,3)4/h4-9H2,1-3H3,(H,11,13);3-9H2,1-2H3,(H,11,12);11H,3-10H2,1-2H3;10H,3-9H2,1-2H3;3-8H2,1-2H3,(H,10,11);1-8H2,(H,10,11);3-8H2,1-2H3,(H,10,11);3-7H2,1-2H3,(H,9,10);7H,1-6H2;9*1-4H3. The van der Waals surface area contributed by atoms with E-state index >= 15 is 0 Å². The Morgan fingerprint density at radius 1 is 0.313 bits per heavy atom. The van der Waals surface area contributed by atoms with Crippen molar-refractivity contribution >= 4 is 55.5 Å². The van der Waals surface area contributed by atoms with Crippen LogP contribution in [-0.4, -0.2) is 195 Å². The number of unbranched alkanes of at least 4 members (excludes halogenated alkanes) is 17. The molecule has 2 heterocycles. The van der Waals surface area contributed by atoms with E-state index in [2.05, 4.69) is 351 Å². The van der Waals surface area contributed by atoms with Crippen molar-refractivity contribution in [3.05, 3.63) is 0 Å². The number of amides is 6. The number of nitrogens with one attached hydrogen (secondary N) is 9. The lowest BCUT2D eigenvalue weighted by atomic mass is 10.0. The minimum atomic E-state index is -3.00. The highest BCUT2D eigenvalue weighted by Crippen LogP contribution is 2.15. The van der Waals surface area contributed by atoms with E-state index in [0.29, 0.717) is 127 Å². The molecule has 2 rings (SSSR count). The molecule has 150 heavy (non-hydrogen) atoms. The molecular formula is C125H280N10O13S2. The molecule has 0 radical (unpaired) electrons. The lowest BCUT2D eigenvalue weighted by molar-refractivity contribution is -0.122. The maximum absolute atomic E-state index is 11.2. The zero-order chi connectivity index (χ0) is 121. The summed E-state index contributed by atoms with van der Waals surface area (Å²) in [6, 6.07) is 0. The molecule has 920 valence electrons. The van der Waals surface area contributed by atoms with E-state index in [1.165, 1.54) is 129 Å². The summed E-state index contributed by atoms with van der Waals surface area (Å²) in [4.78, 5) is 67.7. The summed E-state index contributed by atoms with van der Waals surface area (Å²) >= 11 is 0. The van der Waals surface area contributed by atoms with Crippen molar-refractivity contribution in [3.8, 4) is 0 Å². The summed E-state index contributed by atoms with van der Waals surface area (Å²) in [5.41, 5.74) is 4.50. The van der Waals surface area contributed by atoms with E-state index in [1.807, 2.05) is 39.8 Å². The molecule has 2 fully saturated rings. The van der Waals surface area contributed by atoms with Gasteiger partial charge in [0.2, 0.25) is 55.5 Å². The van der Waals surface area contributed by atoms with Crippen LogP contribution in [0.3, 0.4) is 0 Å². The van der Waals surface area contributed by atoms with Crippen LogP contribution < -0.4 is 46.7 Å². The maximum atomic E-state index is 11.2. The highest BCUT2D eigenvalue weighted by atomic mass is 32.2. The molecule has 0 atom stereocenters. The van der Waals surface area contributed by atoms with Crippen molar-refractivity contribution in [3.63, 3.8) is 0 Å². The number of methoxy groups -OCH3 is 2. The van der Waals surface area contributed by atoms with Gasteiger partial charge >= 0.3 is 0 Å². The molecular weight excluding hydrogens is 1910 g/mol. The third kappa shape index (κ3) is 363. The monoisotopic (exact) mass is 2190 g/mol. The van der Waals surface area contributed by atoms with E-state index in [9.17, 15) is 45.6 Å². The molecule has 25 heteroatoms. The van der Waals surface area contributed by atoms with Gasteiger partial charge in [0.25, 0.3) is 0 Å². The molecule has 0 spiro atoms. The molecule has 0 saturated carbocycles. The molecule has 0 bridgehead atoms. The van der Waals surface area contributed by atoms with E-state index in [1.54, 1.807) is 14.2 Å². The normalized spacial score (nSPS) is 12.9. The Hall–Kier alpha value is -3.56. The third-order valence-corrected chi connectivity index (χ3v) is 18.7. The van der Waals surface area contributed by atoms with Crippen LogP contribution in [0.4, 0.5) is 0 Å². The third-order valence-electron chi connectivity index (χ3n) is 15.6. The highest BCUT2D eigenvalue weighted by molar-refractivity contribution is 7.89. The molecule has 0 unspecified atom stereocenters. The summed E-state index contributed by atoms with van der Waals surface area (Å²) in [5.74, 6) is 1.46. The molecule has 2 saturated heterocycles. The van der Waals surface area contributed by atoms with Gasteiger partial charge in [0.05, 0.1) is 24.7 Å². The van der Waals surface area contributed by atoms with Gasteiger partial charge in [-0.05, 0) is 185 Å². The average molecular weight is 2200 g/mol. The fourth-order valence-electron chi connectivity index (χ4n) is 9.24. The Balaban J connectivity index is -0.0000000916. The van der Waals surface area contributed by atoms with Crippen molar-refractivity contribution in [2.75, 3.05) is 138 Å². The summed E-state index contributed by atoms with van der Waals surface area (Å²) in [6.45, 7) is 113. The number of rotatable bonds is 49. The second kappa shape index (κ2) is 127. The fourth-order valence-corrected chi connectivity index (χ4v) is 11.5. The predicted molar refractivity (Wildman–Crippen MR) is 670 cm³/mol. The van der Waals surface area contributed by atoms with E-state index < -0.39 is 20.0 Å². The fraction of sp³-hybridized carbons (Fsp3) is 0.952. The first-order chi connectivity index (χ1) is 68.5. The summed E-state index contributed by atoms with van der Waals surface area (Å²) < 4.78 is 64.2. The first-order valence-corrected chi connectivity index (χ1v) is 63.3. The van der Waals surface area contributed by atoms with Gasteiger partial charge in [-0.25, -0.2) is 26.3 Å². The van der Waals surface area contributed by atoms with Crippen molar-refractivity contribution < 1.29 is 59.8 Å². The zero-order valence-corrected chi connectivity index (χ0v) is 113. The predicted octanol–water partition coefficient (Wildman–Crippen LogP) is 33.0. The minimum Gasteiger partial charge on any atom is -0.385 e. The molecule has 0 aromatic carbocycles. The Labute approximate surface area is 943 Å². The van der Waals surface area contributed by atoms with Crippen LogP contribution in [0.2, 0.25) is 0 Å². The number of carbonyl (C=O) groups is 6. The first kappa shape index (κ1) is 182. The van der Waals surface area contributed by atoms with E-state index in [-0.39, 0.29) is 46.9 Å². The Morgan fingerprint density at radius 3 is 0.920 bits per heavy atom. The topological polar surface area (TPSA) is 310 Å². The molecule has 0 aliphatic carbocycles. The molecule has 2 aliphatic rings. The number of hydrogen-bond acceptors (Lipinski definition) is 15. The SMILES string of the molecule is CC(C)(C)C.CC(C)(C)C.CC(C)(C)C.CC(C)(C)C.CC(C)(C)C.CC(C)(C)C.CC(C)(C)C.CC(C)(C)C.CC(C)(C)C.CCCC(=O)NCCCCOC.CCCCCCNC(=O)CCC.CCCCCCNC(=O)CN(C)C.CCCCCCNCCCC.CCCCCCNS(=O)(=O)CCC.CCCCNC(=O)CCCC.CCCCNC(=O)CCOC.O=C1CCCCCCCCN1.O=S1(=O)CCCOCCCN1. The molecule has 2 aliphatic heterocycles. The van der Waals surface area contributed by atoms with Gasteiger partial charge in [-0.2, -0.15) is 0 Å². The summed E-state index contributed by atoms with van der Waals surface area (Å²) in [7, 11) is 1.12. The largest absolute Gasteiger partial charge is 0.385 e. The molecule has 6 amide bonds. The van der Waals surface area contributed by atoms with Gasteiger partial charge in [0, 0.05) is 119 Å². The zero-order valence-electron chi connectivity index (χ0n) is 111. The number of sulfonamides is 2.